The molecule has 0 spiro atoms. The Morgan fingerprint density at radius 1 is 1.38 bits per heavy atom. The molecule has 0 aliphatic heterocycles. The minimum atomic E-state index is -0.397. The minimum absolute atomic E-state index is 0. The van der Waals surface area contributed by atoms with Gasteiger partial charge in [-0.1, -0.05) is 18.7 Å². The van der Waals surface area contributed by atoms with E-state index in [0.717, 1.165) is 24.8 Å². The Morgan fingerprint density at radius 2 is 2.17 bits per heavy atom. The quantitative estimate of drug-likeness (QED) is 0.849. The molecule has 128 valence electrons. The lowest BCUT2D eigenvalue weighted by Crippen LogP contribution is -2.05. The van der Waals surface area contributed by atoms with E-state index in [4.69, 9.17) is 0 Å². The molecule has 0 amide bonds. The first kappa shape index (κ1) is 17.7. The van der Waals surface area contributed by atoms with Gasteiger partial charge in [0.1, 0.15) is 5.82 Å². The standard InChI is InChI=1S/C10H11F.C9H10N2O2.H2/c11-10-7-3-5-8-4-1-2-6-9(8)10;1-3-11-8-6-10-5-4-7(8)9(12)13-2;/h3,5,7H,1-2,4,6H2;3-6,11H,1H2,2H3;1H. The van der Waals surface area contributed by atoms with Gasteiger partial charge in [-0.2, -0.15) is 0 Å². The highest BCUT2D eigenvalue weighted by Gasteiger charge is 2.11. The van der Waals surface area contributed by atoms with Gasteiger partial charge in [-0.25, -0.2) is 9.18 Å². The Balaban J connectivity index is 0.000000243. The van der Waals surface area contributed by atoms with Crippen LogP contribution in [0.3, 0.4) is 0 Å². The van der Waals surface area contributed by atoms with Gasteiger partial charge in [0.15, 0.2) is 0 Å². The van der Waals surface area contributed by atoms with Crippen LogP contribution in [0.5, 0.6) is 0 Å². The number of carbonyl (C=O) groups excluding carboxylic acids is 1. The highest BCUT2D eigenvalue weighted by atomic mass is 19.1. The third kappa shape index (κ3) is 4.41. The number of anilines is 1. The number of pyridine rings is 1. The van der Waals surface area contributed by atoms with Gasteiger partial charge < -0.3 is 10.1 Å². The van der Waals surface area contributed by atoms with E-state index in [1.54, 1.807) is 18.2 Å². The molecule has 4 nitrogen and oxygen atoms in total. The summed E-state index contributed by atoms with van der Waals surface area (Å²) in [5.41, 5.74) is 3.21. The second-order valence-corrected chi connectivity index (χ2v) is 5.35. The molecule has 3 rings (SSSR count). The number of benzene rings is 1. The molecule has 1 aromatic heterocycles. The molecule has 2 aromatic rings. The van der Waals surface area contributed by atoms with Crippen molar-refractivity contribution in [3.05, 3.63) is 71.9 Å². The Hall–Kier alpha value is -2.69. The smallest absolute Gasteiger partial charge is 0.340 e. The average Bonchev–Trinajstić information content (AvgIpc) is 2.63. The maximum atomic E-state index is 13.1. The normalized spacial score (nSPS) is 12.2. The predicted octanol–water partition coefficient (Wildman–Crippen LogP) is 4.37. The molecule has 1 aliphatic carbocycles. The number of rotatable bonds is 3. The average molecular weight is 330 g/mol. The predicted molar refractivity (Wildman–Crippen MR) is 94.6 cm³/mol. The van der Waals surface area contributed by atoms with E-state index >= 15 is 0 Å². The molecule has 0 unspecified atom stereocenters. The van der Waals surface area contributed by atoms with Crippen LogP contribution in [0, 0.1) is 5.82 Å². The molecular weight excluding hydrogens is 307 g/mol. The highest BCUT2D eigenvalue weighted by Crippen LogP contribution is 2.22. The summed E-state index contributed by atoms with van der Waals surface area (Å²) in [6.07, 6.45) is 8.90. The number of hydrogen-bond donors (Lipinski definition) is 1. The molecule has 1 aliphatic rings. The summed E-state index contributed by atoms with van der Waals surface area (Å²) in [6.45, 7) is 3.49. The highest BCUT2D eigenvalue weighted by molar-refractivity contribution is 5.95. The Bertz CT molecular complexity index is 722. The van der Waals surface area contributed by atoms with Gasteiger partial charge in [-0.15, -0.1) is 0 Å². The van der Waals surface area contributed by atoms with E-state index in [2.05, 4.69) is 21.6 Å². The fraction of sp³-hybridized carbons (Fsp3) is 0.263. The topological polar surface area (TPSA) is 51.2 Å². The zero-order chi connectivity index (χ0) is 17.4. The third-order valence-corrected chi connectivity index (χ3v) is 3.82. The molecular formula is C19H23FN2O2. The van der Waals surface area contributed by atoms with Crippen molar-refractivity contribution < 1.29 is 15.3 Å². The molecule has 24 heavy (non-hydrogen) atoms. The van der Waals surface area contributed by atoms with Crippen LogP contribution in [0.2, 0.25) is 0 Å². The number of nitrogens with one attached hydrogen (secondary N) is 1. The number of methoxy groups -OCH3 is 1. The van der Waals surface area contributed by atoms with Crippen LogP contribution >= 0.6 is 0 Å². The maximum absolute atomic E-state index is 13.1. The van der Waals surface area contributed by atoms with E-state index in [1.165, 1.54) is 37.7 Å². The lowest BCUT2D eigenvalue weighted by molar-refractivity contribution is 0.0601. The molecule has 1 aromatic carbocycles. The van der Waals surface area contributed by atoms with E-state index in [9.17, 15) is 9.18 Å². The SMILES string of the molecule is C=CNc1cnccc1C(=O)OC.Fc1cccc2c1CCCC2.[HH]. The van der Waals surface area contributed by atoms with Gasteiger partial charge >= 0.3 is 5.97 Å². The second kappa shape index (κ2) is 8.82. The van der Waals surface area contributed by atoms with Crippen molar-refractivity contribution in [2.45, 2.75) is 25.7 Å². The van der Waals surface area contributed by atoms with Crippen molar-refractivity contribution in [1.82, 2.24) is 4.98 Å². The number of hydrogen-bond acceptors (Lipinski definition) is 4. The summed E-state index contributed by atoms with van der Waals surface area (Å²) in [6, 6.07) is 6.98. The zero-order valence-corrected chi connectivity index (χ0v) is 13.7. The first-order valence-corrected chi connectivity index (χ1v) is 7.83. The first-order valence-electron chi connectivity index (χ1n) is 7.83. The number of carbonyl (C=O) groups is 1. The lowest BCUT2D eigenvalue weighted by atomic mass is 9.91. The molecule has 0 atom stereocenters. The summed E-state index contributed by atoms with van der Waals surface area (Å²) in [5, 5.41) is 2.79. The Morgan fingerprint density at radius 3 is 2.88 bits per heavy atom. The molecule has 0 radical (unpaired) electrons. The monoisotopic (exact) mass is 330 g/mol. The van der Waals surface area contributed by atoms with Crippen molar-refractivity contribution >= 4 is 11.7 Å². The maximum Gasteiger partial charge on any atom is 0.340 e. The van der Waals surface area contributed by atoms with Crippen LogP contribution in [-0.4, -0.2) is 18.1 Å². The summed E-state index contributed by atoms with van der Waals surface area (Å²) >= 11 is 0. The summed E-state index contributed by atoms with van der Waals surface area (Å²) in [7, 11) is 1.33. The fourth-order valence-corrected chi connectivity index (χ4v) is 2.64. The van der Waals surface area contributed by atoms with Crippen molar-refractivity contribution in [3.8, 4) is 0 Å². The van der Waals surface area contributed by atoms with Crippen LogP contribution < -0.4 is 5.32 Å². The van der Waals surface area contributed by atoms with Crippen LogP contribution in [-0.2, 0) is 17.6 Å². The van der Waals surface area contributed by atoms with Crippen molar-refractivity contribution in [3.63, 3.8) is 0 Å². The lowest BCUT2D eigenvalue weighted by Gasteiger charge is -2.15. The van der Waals surface area contributed by atoms with E-state index in [-0.39, 0.29) is 7.24 Å². The first-order chi connectivity index (χ1) is 11.7. The van der Waals surface area contributed by atoms with E-state index < -0.39 is 5.97 Å². The summed E-state index contributed by atoms with van der Waals surface area (Å²) < 4.78 is 17.7. The van der Waals surface area contributed by atoms with Crippen molar-refractivity contribution in [1.29, 1.82) is 0 Å². The van der Waals surface area contributed by atoms with Crippen molar-refractivity contribution in [2.24, 2.45) is 0 Å². The number of fused-ring (bicyclic) bond motifs is 1. The molecule has 5 heteroatoms. The van der Waals surface area contributed by atoms with Gasteiger partial charge in [0.2, 0.25) is 0 Å². The van der Waals surface area contributed by atoms with Gasteiger partial charge in [-0.05, 0) is 55.1 Å². The third-order valence-electron chi connectivity index (χ3n) is 3.82. The van der Waals surface area contributed by atoms with E-state index in [1.807, 2.05) is 6.07 Å². The number of ether oxygens (including phenoxy) is 1. The molecule has 0 fully saturated rings. The van der Waals surface area contributed by atoms with Crippen LogP contribution in [0.15, 0.2) is 49.4 Å². The molecule has 0 saturated carbocycles. The van der Waals surface area contributed by atoms with Crippen LogP contribution in [0.25, 0.3) is 0 Å². The molecule has 1 heterocycles. The number of aryl methyl sites for hydroxylation is 1. The van der Waals surface area contributed by atoms with Crippen molar-refractivity contribution in [2.75, 3.05) is 12.4 Å². The minimum Gasteiger partial charge on any atom is -0.465 e. The number of nitrogens with zero attached hydrogens (tertiary/aromatic N) is 1. The van der Waals surface area contributed by atoms with E-state index in [0.29, 0.717) is 11.3 Å². The van der Waals surface area contributed by atoms with Crippen LogP contribution in [0.1, 0.15) is 35.8 Å². The summed E-state index contributed by atoms with van der Waals surface area (Å²) in [4.78, 5) is 15.0. The largest absolute Gasteiger partial charge is 0.465 e. The van der Waals surface area contributed by atoms with Gasteiger partial charge in [0, 0.05) is 7.62 Å². The second-order valence-electron chi connectivity index (χ2n) is 5.35. The van der Waals surface area contributed by atoms with Crippen LogP contribution in [0.4, 0.5) is 10.1 Å². The summed E-state index contributed by atoms with van der Waals surface area (Å²) in [5.74, 6) is -0.408. The number of esters is 1. The molecule has 0 bridgehead atoms. The number of aromatic nitrogens is 1. The van der Waals surface area contributed by atoms with Gasteiger partial charge in [0.25, 0.3) is 0 Å². The Labute approximate surface area is 142 Å². The fourth-order valence-electron chi connectivity index (χ4n) is 2.64. The molecule has 1 N–H and O–H groups in total. The Kier molecular flexibility index (Phi) is 6.49. The zero-order valence-electron chi connectivity index (χ0n) is 13.7. The number of halogens is 1. The van der Waals surface area contributed by atoms with Gasteiger partial charge in [-0.3, -0.25) is 4.98 Å². The molecule has 0 saturated heterocycles. The van der Waals surface area contributed by atoms with Gasteiger partial charge in [0.05, 0.1) is 24.6 Å².